The number of ether oxygens (including phenoxy) is 1. The Morgan fingerprint density at radius 2 is 1.76 bits per heavy atom. The minimum atomic E-state index is -0.780. The van der Waals surface area contributed by atoms with Crippen molar-refractivity contribution >= 4 is 17.6 Å². The first-order valence-electron chi connectivity index (χ1n) is 10.8. The van der Waals surface area contributed by atoms with Gasteiger partial charge in [-0.3, -0.25) is 19.5 Å². The number of hydrogen-bond donors (Lipinski definition) is 3. The molecule has 4 N–H and O–H groups in total. The highest BCUT2D eigenvalue weighted by molar-refractivity contribution is 6.00. The lowest BCUT2D eigenvalue weighted by Crippen LogP contribution is -2.42. The van der Waals surface area contributed by atoms with Gasteiger partial charge in [0, 0.05) is 25.0 Å². The number of nitrogens with two attached hydrogens (primary N) is 1. The van der Waals surface area contributed by atoms with Gasteiger partial charge in [0.15, 0.2) is 0 Å². The highest BCUT2D eigenvalue weighted by Gasteiger charge is 2.24. The van der Waals surface area contributed by atoms with Crippen LogP contribution in [0.15, 0.2) is 66.9 Å². The van der Waals surface area contributed by atoms with Crippen molar-refractivity contribution in [3.05, 3.63) is 83.7 Å². The van der Waals surface area contributed by atoms with Crippen molar-refractivity contribution in [2.75, 3.05) is 0 Å². The smallest absolute Gasteiger partial charge is 0.220 e. The minimum absolute atomic E-state index is 0.100. The van der Waals surface area contributed by atoms with Crippen molar-refractivity contribution in [2.45, 2.75) is 38.8 Å². The normalized spacial score (nSPS) is 12.5. The van der Waals surface area contributed by atoms with Crippen molar-refractivity contribution in [3.8, 4) is 5.75 Å². The van der Waals surface area contributed by atoms with Gasteiger partial charge in [-0.2, -0.15) is 5.10 Å². The Labute approximate surface area is 192 Å². The number of ketones is 1. The summed E-state index contributed by atoms with van der Waals surface area (Å²) in [6, 6.07) is 18.1. The molecule has 0 radical (unpaired) electrons. The lowest BCUT2D eigenvalue weighted by Gasteiger charge is -2.18. The third-order valence-corrected chi connectivity index (χ3v) is 5.32. The average Bonchev–Trinajstić information content (AvgIpc) is 3.37. The summed E-state index contributed by atoms with van der Waals surface area (Å²) in [6.07, 6.45) is 2.20. The van der Waals surface area contributed by atoms with Gasteiger partial charge in [0.2, 0.25) is 17.6 Å². The molecule has 3 rings (SSSR count). The van der Waals surface area contributed by atoms with Gasteiger partial charge in [0.25, 0.3) is 0 Å². The summed E-state index contributed by atoms with van der Waals surface area (Å²) in [7, 11) is 0. The molecule has 0 aliphatic rings. The van der Waals surface area contributed by atoms with Crippen LogP contribution in [-0.2, 0) is 22.6 Å². The summed E-state index contributed by atoms with van der Waals surface area (Å²) in [5.74, 6) is -0.746. The number of hydrogen-bond acceptors (Lipinski definition) is 5. The van der Waals surface area contributed by atoms with E-state index in [0.717, 1.165) is 11.1 Å². The molecule has 2 aromatic carbocycles. The van der Waals surface area contributed by atoms with Crippen LogP contribution in [-0.4, -0.2) is 33.8 Å². The van der Waals surface area contributed by atoms with E-state index in [1.165, 1.54) is 6.20 Å². The molecule has 1 aromatic heterocycles. The van der Waals surface area contributed by atoms with Gasteiger partial charge < -0.3 is 15.8 Å². The summed E-state index contributed by atoms with van der Waals surface area (Å²) in [5.41, 5.74) is 7.51. The van der Waals surface area contributed by atoms with Gasteiger partial charge in [-0.1, -0.05) is 49.4 Å². The maximum atomic E-state index is 12.9. The minimum Gasteiger partial charge on any atom is -0.489 e. The third-order valence-electron chi connectivity index (χ3n) is 5.32. The Kier molecular flexibility index (Phi) is 8.35. The second-order valence-corrected chi connectivity index (χ2v) is 7.92. The summed E-state index contributed by atoms with van der Waals surface area (Å²) in [4.78, 5) is 36.6. The number of H-pyrrole nitrogens is 1. The number of rotatable bonds is 12. The molecule has 1 heterocycles. The summed E-state index contributed by atoms with van der Waals surface area (Å²) in [6.45, 7) is 2.13. The van der Waals surface area contributed by atoms with Gasteiger partial charge >= 0.3 is 0 Å². The molecule has 2 atom stereocenters. The monoisotopic (exact) mass is 448 g/mol. The molecule has 0 saturated heterocycles. The molecule has 0 fully saturated rings. The maximum Gasteiger partial charge on any atom is 0.220 e. The predicted octanol–water partition coefficient (Wildman–Crippen LogP) is 2.80. The Morgan fingerprint density at radius 3 is 2.39 bits per heavy atom. The first-order chi connectivity index (χ1) is 15.9. The van der Waals surface area contributed by atoms with Crippen molar-refractivity contribution in [1.29, 1.82) is 0 Å². The number of nitrogens with zero attached hydrogens (tertiary/aromatic N) is 1. The molecule has 33 heavy (non-hydrogen) atoms. The quantitative estimate of drug-likeness (QED) is 0.367. The van der Waals surface area contributed by atoms with Crippen molar-refractivity contribution in [2.24, 2.45) is 11.7 Å². The van der Waals surface area contributed by atoms with E-state index in [1.807, 2.05) is 54.6 Å². The molecule has 0 spiro atoms. The lowest BCUT2D eigenvalue weighted by molar-refractivity contribution is -0.123. The van der Waals surface area contributed by atoms with Crippen LogP contribution < -0.4 is 15.8 Å². The number of Topliss-reactive ketones (excluding diaryl/α,β-unsaturated/α-hetero) is 1. The molecule has 8 nitrogen and oxygen atoms in total. The average molecular weight is 449 g/mol. The van der Waals surface area contributed by atoms with E-state index in [9.17, 15) is 14.4 Å². The fourth-order valence-electron chi connectivity index (χ4n) is 3.24. The highest BCUT2D eigenvalue weighted by Crippen LogP contribution is 2.17. The van der Waals surface area contributed by atoms with E-state index >= 15 is 0 Å². The summed E-state index contributed by atoms with van der Waals surface area (Å²) in [5, 5.41) is 9.26. The predicted molar refractivity (Wildman–Crippen MR) is 123 cm³/mol. The van der Waals surface area contributed by atoms with Crippen LogP contribution in [0.3, 0.4) is 0 Å². The van der Waals surface area contributed by atoms with E-state index in [-0.39, 0.29) is 18.1 Å². The standard InChI is InChI=1S/C25H28N4O4/c1-17(25(26)32)7-12-23(30)28-22(24(31)21-13-14-27-29-21)15-18-8-10-20(11-9-18)33-16-19-5-3-2-4-6-19/h2-6,8-11,13-14,17,22H,7,12,15-16H2,1H3,(H2,26,32)(H,27,29)(H,28,30). The fraction of sp³-hybridized carbons (Fsp3) is 0.280. The molecule has 0 saturated carbocycles. The van der Waals surface area contributed by atoms with Crippen LogP contribution in [0.5, 0.6) is 5.75 Å². The molecular weight excluding hydrogens is 420 g/mol. The number of nitrogens with one attached hydrogen (secondary N) is 2. The largest absolute Gasteiger partial charge is 0.489 e. The molecule has 2 amide bonds. The zero-order valence-electron chi connectivity index (χ0n) is 18.5. The van der Waals surface area contributed by atoms with E-state index in [0.29, 0.717) is 30.9 Å². The Balaban J connectivity index is 1.63. The molecule has 172 valence electrons. The van der Waals surface area contributed by atoms with E-state index in [1.54, 1.807) is 13.0 Å². The van der Waals surface area contributed by atoms with Gasteiger partial charge in [-0.05, 0) is 35.7 Å². The maximum absolute atomic E-state index is 12.9. The molecule has 0 bridgehead atoms. The number of aromatic nitrogens is 2. The SMILES string of the molecule is CC(CCC(=O)NC(Cc1ccc(OCc2ccccc2)cc1)C(=O)c1ccn[nH]1)C(N)=O. The topological polar surface area (TPSA) is 127 Å². The Hall–Kier alpha value is -3.94. The summed E-state index contributed by atoms with van der Waals surface area (Å²) >= 11 is 0. The van der Waals surface area contributed by atoms with Crippen molar-refractivity contribution in [1.82, 2.24) is 15.5 Å². The van der Waals surface area contributed by atoms with E-state index < -0.39 is 17.9 Å². The van der Waals surface area contributed by atoms with Crippen LogP contribution in [0.4, 0.5) is 0 Å². The molecule has 0 aliphatic carbocycles. The van der Waals surface area contributed by atoms with Crippen LogP contribution in [0.1, 0.15) is 41.4 Å². The lowest BCUT2D eigenvalue weighted by atomic mass is 9.99. The van der Waals surface area contributed by atoms with Crippen molar-refractivity contribution in [3.63, 3.8) is 0 Å². The number of carbonyl (C=O) groups is 3. The highest BCUT2D eigenvalue weighted by atomic mass is 16.5. The molecule has 8 heteroatoms. The molecule has 0 aliphatic heterocycles. The Morgan fingerprint density at radius 1 is 1.03 bits per heavy atom. The first-order valence-corrected chi connectivity index (χ1v) is 10.8. The van der Waals surface area contributed by atoms with Crippen LogP contribution in [0.2, 0.25) is 0 Å². The third kappa shape index (κ3) is 7.31. The zero-order valence-corrected chi connectivity index (χ0v) is 18.5. The van der Waals surface area contributed by atoms with E-state index in [2.05, 4.69) is 15.5 Å². The molecule has 2 unspecified atom stereocenters. The fourth-order valence-corrected chi connectivity index (χ4v) is 3.24. The zero-order chi connectivity index (χ0) is 23.6. The van der Waals surface area contributed by atoms with Gasteiger partial charge in [0.1, 0.15) is 18.1 Å². The van der Waals surface area contributed by atoms with Crippen LogP contribution in [0, 0.1) is 5.92 Å². The van der Waals surface area contributed by atoms with Gasteiger partial charge in [0.05, 0.1) is 6.04 Å². The summed E-state index contributed by atoms with van der Waals surface area (Å²) < 4.78 is 5.81. The van der Waals surface area contributed by atoms with Gasteiger partial charge in [-0.15, -0.1) is 0 Å². The Bertz CT molecular complexity index is 1050. The molecular formula is C25H28N4O4. The van der Waals surface area contributed by atoms with Crippen LogP contribution in [0.25, 0.3) is 0 Å². The van der Waals surface area contributed by atoms with E-state index in [4.69, 9.17) is 10.5 Å². The van der Waals surface area contributed by atoms with Crippen molar-refractivity contribution < 1.29 is 19.1 Å². The second kappa shape index (κ2) is 11.6. The number of primary amides is 1. The second-order valence-electron chi connectivity index (χ2n) is 7.92. The molecule has 3 aromatic rings. The number of amides is 2. The van der Waals surface area contributed by atoms with Crippen LogP contribution >= 0.6 is 0 Å². The number of carbonyl (C=O) groups excluding carboxylic acids is 3. The number of aromatic amines is 1. The number of benzene rings is 2. The van der Waals surface area contributed by atoms with Gasteiger partial charge in [-0.25, -0.2) is 0 Å². The first kappa shape index (κ1) is 23.7.